The van der Waals surface area contributed by atoms with Gasteiger partial charge in [0.1, 0.15) is 11.6 Å². The summed E-state index contributed by atoms with van der Waals surface area (Å²) >= 11 is 9.78. The van der Waals surface area contributed by atoms with Gasteiger partial charge in [0.2, 0.25) is 0 Å². The zero-order valence-electron chi connectivity index (χ0n) is 20.0. The fourth-order valence-corrected chi connectivity index (χ4v) is 4.07. The molecule has 1 aromatic heterocycles. The summed E-state index contributed by atoms with van der Waals surface area (Å²) in [4.78, 5) is 30.0. The number of benzene rings is 3. The number of aryl methyl sites for hydroxylation is 1. The lowest BCUT2D eigenvalue weighted by Gasteiger charge is -2.12. The molecule has 184 valence electrons. The Morgan fingerprint density at radius 2 is 1.92 bits per heavy atom. The number of hydrogen-bond donors (Lipinski definition) is 1. The third kappa shape index (κ3) is 6.01. The predicted octanol–water partition coefficient (Wildman–Crippen LogP) is 6.14. The zero-order valence-corrected chi connectivity index (χ0v) is 22.3. The van der Waals surface area contributed by atoms with Gasteiger partial charge >= 0.3 is 0 Å². The number of carbonyl (C=O) groups excluding carboxylic acids is 1. The van der Waals surface area contributed by atoms with Crippen LogP contribution in [0.4, 0.5) is 5.69 Å². The maximum atomic E-state index is 13.1. The monoisotopic (exact) mass is 566 g/mol. The van der Waals surface area contributed by atoms with Crippen LogP contribution in [0.5, 0.6) is 5.75 Å². The molecule has 1 amide bonds. The molecule has 0 aliphatic carbocycles. The fourth-order valence-electron chi connectivity index (χ4n) is 3.47. The standard InChI is InChI=1S/C27H24BrClN4O3/c1-16(2)26-32-23-10-7-19(28)13-21(23)27(35)33(26)30-14-18-6-11-24(22(29)12-18)36-15-25(34)31-20-8-4-17(3)5-9-20/h4-14,16H,15H2,1-3H3,(H,31,34). The first-order valence-corrected chi connectivity index (χ1v) is 12.4. The number of amides is 1. The van der Waals surface area contributed by atoms with Crippen molar-refractivity contribution in [2.75, 3.05) is 11.9 Å². The Morgan fingerprint density at radius 3 is 2.61 bits per heavy atom. The van der Waals surface area contributed by atoms with E-state index in [0.717, 1.165) is 10.0 Å². The van der Waals surface area contributed by atoms with E-state index >= 15 is 0 Å². The number of rotatable bonds is 7. The molecule has 4 aromatic rings. The van der Waals surface area contributed by atoms with Crippen LogP contribution in [-0.4, -0.2) is 28.4 Å². The van der Waals surface area contributed by atoms with Crippen molar-refractivity contribution in [2.24, 2.45) is 5.10 Å². The smallest absolute Gasteiger partial charge is 0.282 e. The second-order valence-corrected chi connectivity index (χ2v) is 9.86. The summed E-state index contributed by atoms with van der Waals surface area (Å²) in [6, 6.07) is 17.9. The third-order valence-corrected chi connectivity index (χ3v) is 6.11. The highest BCUT2D eigenvalue weighted by Crippen LogP contribution is 2.25. The molecule has 0 saturated heterocycles. The van der Waals surface area contributed by atoms with Crippen molar-refractivity contribution < 1.29 is 9.53 Å². The number of hydrogen-bond acceptors (Lipinski definition) is 5. The van der Waals surface area contributed by atoms with E-state index in [1.165, 1.54) is 4.68 Å². The minimum Gasteiger partial charge on any atom is -0.482 e. The molecular weight excluding hydrogens is 544 g/mol. The number of halogens is 2. The second kappa shape index (κ2) is 11.1. The minimum atomic E-state index is -0.295. The van der Waals surface area contributed by atoms with Crippen LogP contribution in [0.25, 0.3) is 10.9 Å². The molecule has 0 unspecified atom stereocenters. The molecule has 1 heterocycles. The number of carbonyl (C=O) groups is 1. The van der Waals surface area contributed by atoms with Crippen molar-refractivity contribution >= 4 is 56.2 Å². The van der Waals surface area contributed by atoms with E-state index in [1.807, 2.05) is 51.1 Å². The van der Waals surface area contributed by atoms with Gasteiger partial charge in [-0.3, -0.25) is 9.59 Å². The van der Waals surface area contributed by atoms with Gasteiger partial charge in [-0.1, -0.05) is 59.1 Å². The van der Waals surface area contributed by atoms with Crippen LogP contribution in [0.3, 0.4) is 0 Å². The molecule has 3 aromatic carbocycles. The van der Waals surface area contributed by atoms with Crippen LogP contribution in [0, 0.1) is 6.92 Å². The molecule has 0 bridgehead atoms. The van der Waals surface area contributed by atoms with E-state index in [2.05, 4.69) is 31.3 Å². The average molecular weight is 568 g/mol. The Labute approximate surface area is 221 Å². The Kier molecular flexibility index (Phi) is 7.86. The molecule has 0 fully saturated rings. The van der Waals surface area contributed by atoms with Crippen LogP contribution in [-0.2, 0) is 4.79 Å². The Balaban J connectivity index is 1.50. The van der Waals surface area contributed by atoms with Gasteiger partial charge in [0.25, 0.3) is 11.5 Å². The van der Waals surface area contributed by atoms with Gasteiger partial charge in [-0.2, -0.15) is 9.78 Å². The number of nitrogens with zero attached hydrogens (tertiary/aromatic N) is 3. The summed E-state index contributed by atoms with van der Waals surface area (Å²) < 4.78 is 7.68. The molecular formula is C27H24BrClN4O3. The van der Waals surface area contributed by atoms with Crippen LogP contribution in [0.1, 0.15) is 36.7 Å². The van der Waals surface area contributed by atoms with E-state index in [0.29, 0.717) is 38.8 Å². The van der Waals surface area contributed by atoms with Crippen molar-refractivity contribution in [3.63, 3.8) is 0 Å². The third-order valence-electron chi connectivity index (χ3n) is 5.32. The molecule has 0 spiro atoms. The molecule has 1 N–H and O–H groups in total. The van der Waals surface area contributed by atoms with Gasteiger partial charge in [0, 0.05) is 16.1 Å². The van der Waals surface area contributed by atoms with E-state index < -0.39 is 0 Å². The highest BCUT2D eigenvalue weighted by molar-refractivity contribution is 9.10. The van der Waals surface area contributed by atoms with Gasteiger partial charge in [0.05, 0.1) is 22.1 Å². The van der Waals surface area contributed by atoms with E-state index in [-0.39, 0.29) is 24.0 Å². The number of aromatic nitrogens is 2. The summed E-state index contributed by atoms with van der Waals surface area (Å²) in [5.74, 6) is 0.603. The lowest BCUT2D eigenvalue weighted by atomic mass is 10.2. The lowest BCUT2D eigenvalue weighted by Crippen LogP contribution is -2.23. The second-order valence-electron chi connectivity index (χ2n) is 8.54. The maximum Gasteiger partial charge on any atom is 0.282 e. The van der Waals surface area contributed by atoms with Crippen molar-refractivity contribution in [3.05, 3.63) is 97.5 Å². The molecule has 9 heteroatoms. The zero-order chi connectivity index (χ0) is 25.8. The lowest BCUT2D eigenvalue weighted by molar-refractivity contribution is -0.118. The Hall–Kier alpha value is -3.49. The molecule has 0 aliphatic rings. The van der Waals surface area contributed by atoms with Crippen LogP contribution < -0.4 is 15.6 Å². The topological polar surface area (TPSA) is 85.6 Å². The number of ether oxygens (including phenoxy) is 1. The summed E-state index contributed by atoms with van der Waals surface area (Å²) in [5.41, 5.74) is 2.82. The van der Waals surface area contributed by atoms with Crippen molar-refractivity contribution in [2.45, 2.75) is 26.7 Å². The number of nitrogens with one attached hydrogen (secondary N) is 1. The first-order valence-electron chi connectivity index (χ1n) is 11.3. The van der Waals surface area contributed by atoms with Crippen molar-refractivity contribution in [1.82, 2.24) is 9.66 Å². The summed E-state index contributed by atoms with van der Waals surface area (Å²) in [6.45, 7) is 5.70. The number of anilines is 1. The molecule has 0 aliphatic heterocycles. The van der Waals surface area contributed by atoms with E-state index in [1.54, 1.807) is 36.5 Å². The largest absolute Gasteiger partial charge is 0.482 e. The molecule has 0 radical (unpaired) electrons. The summed E-state index contributed by atoms with van der Waals surface area (Å²) in [7, 11) is 0. The molecule has 7 nitrogen and oxygen atoms in total. The van der Waals surface area contributed by atoms with Gasteiger partial charge < -0.3 is 10.1 Å². The van der Waals surface area contributed by atoms with Gasteiger partial charge in [-0.25, -0.2) is 4.98 Å². The summed E-state index contributed by atoms with van der Waals surface area (Å²) in [5, 5.41) is 7.98. The first kappa shape index (κ1) is 25.6. The fraction of sp³-hybridized carbons (Fsp3) is 0.185. The molecule has 4 rings (SSSR count). The van der Waals surface area contributed by atoms with Crippen LogP contribution in [0.2, 0.25) is 5.02 Å². The number of fused-ring (bicyclic) bond motifs is 1. The highest BCUT2D eigenvalue weighted by atomic mass is 79.9. The minimum absolute atomic E-state index is 0.0201. The van der Waals surface area contributed by atoms with E-state index in [9.17, 15) is 9.59 Å². The predicted molar refractivity (Wildman–Crippen MR) is 148 cm³/mol. The van der Waals surface area contributed by atoms with E-state index in [4.69, 9.17) is 16.3 Å². The van der Waals surface area contributed by atoms with Gasteiger partial charge in [-0.15, -0.1) is 0 Å². The van der Waals surface area contributed by atoms with Crippen LogP contribution >= 0.6 is 27.5 Å². The average Bonchev–Trinajstić information content (AvgIpc) is 2.84. The van der Waals surface area contributed by atoms with Crippen molar-refractivity contribution in [1.29, 1.82) is 0 Å². The SMILES string of the molecule is Cc1ccc(NC(=O)COc2ccc(C=Nn3c(C(C)C)nc4ccc(Br)cc4c3=O)cc2Cl)cc1. The molecule has 0 atom stereocenters. The first-order chi connectivity index (χ1) is 17.2. The van der Waals surface area contributed by atoms with Gasteiger partial charge in [-0.05, 0) is 61.0 Å². The quantitative estimate of drug-likeness (QED) is 0.272. The summed E-state index contributed by atoms with van der Waals surface area (Å²) in [6.07, 6.45) is 1.54. The molecule has 36 heavy (non-hydrogen) atoms. The van der Waals surface area contributed by atoms with Gasteiger partial charge in [0.15, 0.2) is 6.61 Å². The Bertz CT molecular complexity index is 1510. The normalized spacial score (nSPS) is 11.4. The van der Waals surface area contributed by atoms with Crippen molar-refractivity contribution in [3.8, 4) is 5.75 Å². The highest BCUT2D eigenvalue weighted by Gasteiger charge is 2.14. The van der Waals surface area contributed by atoms with Crippen LogP contribution in [0.15, 0.2) is 75.0 Å². The Morgan fingerprint density at radius 1 is 1.17 bits per heavy atom. The maximum absolute atomic E-state index is 13.1. The molecule has 0 saturated carbocycles.